The molecule has 3 N–H and O–H groups in total. The number of hydrogen-bond acceptors (Lipinski definition) is 6. The molecule has 2 aliphatic heterocycles. The van der Waals surface area contributed by atoms with Crippen LogP contribution < -0.4 is 20.3 Å². The van der Waals surface area contributed by atoms with E-state index in [1.165, 1.54) is 17.0 Å². The number of likely N-dealkylation sites (tertiary alicyclic amines) is 1. The number of carboxylic acids is 1. The Morgan fingerprint density at radius 3 is 2.15 bits per heavy atom. The molecule has 1 unspecified atom stereocenters. The van der Waals surface area contributed by atoms with Gasteiger partial charge in [-0.15, -0.1) is 13.2 Å². The molecule has 0 aliphatic carbocycles. The number of rotatable bonds is 9. The Kier molecular flexibility index (Phi) is 10.7. The lowest BCUT2D eigenvalue weighted by molar-refractivity contribution is -0.274. The van der Waals surface area contributed by atoms with Crippen molar-refractivity contribution >= 4 is 35.2 Å². The van der Waals surface area contributed by atoms with Crippen molar-refractivity contribution in [2.75, 3.05) is 49.5 Å². The highest BCUT2D eigenvalue weighted by molar-refractivity contribution is 5.95. The van der Waals surface area contributed by atoms with Gasteiger partial charge in [0.05, 0.1) is 5.92 Å². The Hall–Kier alpha value is -5.27. The Morgan fingerprint density at radius 1 is 0.854 bits per heavy atom. The van der Waals surface area contributed by atoms with Crippen LogP contribution in [0.3, 0.4) is 0 Å². The smallest absolute Gasteiger partial charge is 0.480 e. The van der Waals surface area contributed by atoms with E-state index in [-0.39, 0.29) is 24.6 Å². The van der Waals surface area contributed by atoms with Gasteiger partial charge in [0.1, 0.15) is 11.8 Å². The number of carbonyl (C=O) groups excluding carboxylic acids is 3. The van der Waals surface area contributed by atoms with Crippen molar-refractivity contribution in [3.8, 4) is 5.75 Å². The molecule has 48 heavy (non-hydrogen) atoms. The fraction of sp³-hybridized carbons (Fsp3) is 0.353. The summed E-state index contributed by atoms with van der Waals surface area (Å²) in [6.45, 7) is 2.95. The van der Waals surface area contributed by atoms with Crippen molar-refractivity contribution in [2.45, 2.75) is 31.7 Å². The lowest BCUT2D eigenvalue weighted by Gasteiger charge is -2.36. The first-order valence-corrected chi connectivity index (χ1v) is 15.6. The van der Waals surface area contributed by atoms with Crippen molar-refractivity contribution in [1.29, 1.82) is 0 Å². The van der Waals surface area contributed by atoms with Crippen LogP contribution in [0.4, 0.5) is 29.3 Å². The van der Waals surface area contributed by atoms with Crippen LogP contribution in [0.5, 0.6) is 5.75 Å². The molecule has 3 aromatic carbocycles. The van der Waals surface area contributed by atoms with E-state index < -0.39 is 41.9 Å². The summed E-state index contributed by atoms with van der Waals surface area (Å²) in [5, 5.41) is 15.3. The molecule has 11 nitrogen and oxygen atoms in total. The van der Waals surface area contributed by atoms with E-state index in [0.29, 0.717) is 56.8 Å². The van der Waals surface area contributed by atoms with Crippen molar-refractivity contribution in [2.24, 2.45) is 5.92 Å². The molecule has 2 saturated heterocycles. The average Bonchev–Trinajstić information content (AvgIpc) is 3.08. The molecule has 2 fully saturated rings. The second-order valence-electron chi connectivity index (χ2n) is 11.7. The third-order valence-electron chi connectivity index (χ3n) is 8.36. The SMILES string of the molecule is O=C(N[C@@H](Cc1ccc(NC(=O)N2CCN(c3ccccc3)CC2)cc1)C(=O)O)C1CCCN(C(=O)c2ccc(OC(F)(F)F)cc2)C1. The number of anilines is 2. The van der Waals surface area contributed by atoms with Gasteiger partial charge >= 0.3 is 18.4 Å². The Morgan fingerprint density at radius 2 is 1.52 bits per heavy atom. The van der Waals surface area contributed by atoms with E-state index in [1.807, 2.05) is 30.3 Å². The Labute approximate surface area is 275 Å². The number of carbonyl (C=O) groups is 4. The first-order valence-electron chi connectivity index (χ1n) is 15.6. The molecule has 5 rings (SSSR count). The highest BCUT2D eigenvalue weighted by atomic mass is 19.4. The van der Waals surface area contributed by atoms with E-state index in [0.717, 1.165) is 17.8 Å². The number of piperazine rings is 1. The van der Waals surface area contributed by atoms with Crippen molar-refractivity contribution in [1.82, 2.24) is 15.1 Å². The quantitative estimate of drug-likeness (QED) is 0.304. The fourth-order valence-electron chi connectivity index (χ4n) is 5.82. The third kappa shape index (κ3) is 9.17. The van der Waals surface area contributed by atoms with Crippen LogP contribution in [-0.4, -0.2) is 90.4 Å². The van der Waals surface area contributed by atoms with Gasteiger partial charge in [0.15, 0.2) is 0 Å². The third-order valence-corrected chi connectivity index (χ3v) is 8.36. The Balaban J connectivity index is 1.10. The van der Waals surface area contributed by atoms with E-state index in [2.05, 4.69) is 20.3 Å². The van der Waals surface area contributed by atoms with Crippen LogP contribution in [0, 0.1) is 5.92 Å². The second kappa shape index (κ2) is 15.1. The molecule has 0 saturated carbocycles. The van der Waals surface area contributed by atoms with E-state index >= 15 is 0 Å². The molecule has 0 bridgehead atoms. The van der Waals surface area contributed by atoms with Gasteiger partial charge in [-0.3, -0.25) is 9.59 Å². The molecule has 4 amide bonds. The number of piperidine rings is 1. The van der Waals surface area contributed by atoms with Crippen LogP contribution in [-0.2, 0) is 16.0 Å². The standard InChI is InChI=1S/C34H36F3N5O6/c35-34(36,37)48-28-14-10-24(11-15-28)31(44)42-16-4-5-25(22-42)30(43)39-29(32(45)46)21-23-8-12-26(13-9-23)38-33(47)41-19-17-40(18-20-41)27-6-2-1-3-7-27/h1-3,6-15,25,29H,4-5,16-22H2,(H,38,47)(H,39,43)(H,45,46)/t25?,29-/m0/s1. The molecule has 14 heteroatoms. The summed E-state index contributed by atoms with van der Waals surface area (Å²) in [4.78, 5) is 56.4. The zero-order valence-electron chi connectivity index (χ0n) is 26.0. The van der Waals surface area contributed by atoms with Crippen molar-refractivity contribution < 1.29 is 42.2 Å². The summed E-state index contributed by atoms with van der Waals surface area (Å²) in [5.74, 6) is -3.31. The topological polar surface area (TPSA) is 132 Å². The maximum absolute atomic E-state index is 13.1. The summed E-state index contributed by atoms with van der Waals surface area (Å²) in [5.41, 5.74) is 2.44. The molecule has 2 aliphatic rings. The number of urea groups is 1. The van der Waals surface area contributed by atoms with Crippen LogP contribution in [0.1, 0.15) is 28.8 Å². The van der Waals surface area contributed by atoms with Gasteiger partial charge in [0, 0.05) is 62.6 Å². The van der Waals surface area contributed by atoms with Gasteiger partial charge in [-0.1, -0.05) is 30.3 Å². The number of para-hydroxylation sites is 1. The highest BCUT2D eigenvalue weighted by Gasteiger charge is 2.33. The molecule has 3 aromatic rings. The molecule has 2 heterocycles. The van der Waals surface area contributed by atoms with Gasteiger partial charge in [-0.05, 0) is 66.9 Å². The summed E-state index contributed by atoms with van der Waals surface area (Å²) in [7, 11) is 0. The molecule has 0 radical (unpaired) electrons. The maximum atomic E-state index is 13.1. The first kappa shape index (κ1) is 34.1. The zero-order valence-corrected chi connectivity index (χ0v) is 26.0. The molecule has 2 atom stereocenters. The van der Waals surface area contributed by atoms with Gasteiger partial charge in [-0.25, -0.2) is 9.59 Å². The van der Waals surface area contributed by atoms with Crippen molar-refractivity contribution in [3.63, 3.8) is 0 Å². The summed E-state index contributed by atoms with van der Waals surface area (Å²) < 4.78 is 41.2. The fourth-order valence-corrected chi connectivity index (χ4v) is 5.82. The zero-order chi connectivity index (χ0) is 34.3. The lowest BCUT2D eigenvalue weighted by atomic mass is 9.95. The molecular weight excluding hydrogens is 631 g/mol. The summed E-state index contributed by atoms with van der Waals surface area (Å²) in [6, 6.07) is 19.8. The van der Waals surface area contributed by atoms with Gasteiger partial charge in [0.2, 0.25) is 5.91 Å². The van der Waals surface area contributed by atoms with Crippen LogP contribution in [0.15, 0.2) is 78.9 Å². The number of carboxylic acid groups (broad SMARTS) is 1. The van der Waals surface area contributed by atoms with Gasteiger partial charge in [0.25, 0.3) is 5.91 Å². The lowest BCUT2D eigenvalue weighted by Crippen LogP contribution is -2.50. The number of halogens is 3. The Bertz CT molecular complexity index is 1580. The van der Waals surface area contributed by atoms with Crippen molar-refractivity contribution in [3.05, 3.63) is 90.0 Å². The molecule has 254 valence electrons. The van der Waals surface area contributed by atoms with Gasteiger partial charge < -0.3 is 35.2 Å². The monoisotopic (exact) mass is 667 g/mol. The number of amides is 4. The predicted molar refractivity (Wildman–Crippen MR) is 171 cm³/mol. The summed E-state index contributed by atoms with van der Waals surface area (Å²) in [6.07, 6.45) is -3.92. The normalized spacial score (nSPS) is 17.3. The predicted octanol–water partition coefficient (Wildman–Crippen LogP) is 4.60. The van der Waals surface area contributed by atoms with E-state index in [1.54, 1.807) is 29.2 Å². The number of nitrogens with one attached hydrogen (secondary N) is 2. The highest BCUT2D eigenvalue weighted by Crippen LogP contribution is 2.25. The minimum absolute atomic E-state index is 0.00153. The van der Waals surface area contributed by atoms with Crippen LogP contribution in [0.25, 0.3) is 0 Å². The maximum Gasteiger partial charge on any atom is 0.573 e. The second-order valence-corrected chi connectivity index (χ2v) is 11.7. The number of hydrogen-bond donors (Lipinski definition) is 3. The number of aliphatic carboxylic acids is 1. The van der Waals surface area contributed by atoms with Crippen LogP contribution >= 0.6 is 0 Å². The molecule has 0 spiro atoms. The number of alkyl halides is 3. The average molecular weight is 668 g/mol. The number of nitrogens with zero attached hydrogens (tertiary/aromatic N) is 3. The molecular formula is C34H36F3N5O6. The van der Waals surface area contributed by atoms with Gasteiger partial charge in [-0.2, -0.15) is 0 Å². The van der Waals surface area contributed by atoms with E-state index in [9.17, 15) is 37.5 Å². The number of ether oxygens (including phenoxy) is 1. The first-order chi connectivity index (χ1) is 22.9. The van der Waals surface area contributed by atoms with E-state index in [4.69, 9.17) is 0 Å². The minimum Gasteiger partial charge on any atom is -0.480 e. The summed E-state index contributed by atoms with van der Waals surface area (Å²) >= 11 is 0. The molecule has 0 aromatic heterocycles. The minimum atomic E-state index is -4.85. The van der Waals surface area contributed by atoms with Crippen LogP contribution in [0.2, 0.25) is 0 Å². The number of benzene rings is 3. The largest absolute Gasteiger partial charge is 0.573 e.